The van der Waals surface area contributed by atoms with E-state index in [2.05, 4.69) is 29.4 Å². The Balaban J connectivity index is 1.64. The van der Waals surface area contributed by atoms with Gasteiger partial charge in [-0.1, -0.05) is 38.1 Å². The number of benzene rings is 2. The predicted molar refractivity (Wildman–Crippen MR) is 96.7 cm³/mol. The summed E-state index contributed by atoms with van der Waals surface area (Å²) in [4.78, 5) is 12.4. The first kappa shape index (κ1) is 17.1. The molecule has 0 saturated heterocycles. The van der Waals surface area contributed by atoms with E-state index < -0.39 is 0 Å². The molecule has 0 radical (unpaired) electrons. The lowest BCUT2D eigenvalue weighted by molar-refractivity contribution is -0.121. The number of carbonyl (C=O) groups excluding carboxylic acids is 1. The average Bonchev–Trinajstić information content (AvgIpc) is 3.03. The van der Waals surface area contributed by atoms with Crippen LogP contribution in [-0.2, 0) is 17.6 Å². The van der Waals surface area contributed by atoms with E-state index >= 15 is 0 Å². The highest BCUT2D eigenvalue weighted by atomic mass is 19.1. The van der Waals surface area contributed by atoms with E-state index in [4.69, 9.17) is 0 Å². The molecule has 4 nitrogen and oxygen atoms in total. The topological polar surface area (TPSA) is 57.8 Å². The van der Waals surface area contributed by atoms with Gasteiger partial charge in [-0.3, -0.25) is 9.89 Å². The highest BCUT2D eigenvalue weighted by Crippen LogP contribution is 2.15. The van der Waals surface area contributed by atoms with Crippen LogP contribution in [0.25, 0.3) is 10.9 Å². The van der Waals surface area contributed by atoms with E-state index in [-0.39, 0.29) is 23.7 Å². The zero-order chi connectivity index (χ0) is 17.8. The van der Waals surface area contributed by atoms with E-state index in [1.807, 2.05) is 18.2 Å². The van der Waals surface area contributed by atoms with Crippen LogP contribution in [0.3, 0.4) is 0 Å². The maximum absolute atomic E-state index is 13.0. The van der Waals surface area contributed by atoms with Gasteiger partial charge in [0.05, 0.1) is 18.1 Å². The third-order valence-electron chi connectivity index (χ3n) is 4.39. The first-order chi connectivity index (χ1) is 12.0. The number of carbonyl (C=O) groups is 1. The Morgan fingerprint density at radius 3 is 2.60 bits per heavy atom. The number of nitrogens with one attached hydrogen (secondary N) is 2. The fraction of sp³-hybridized carbons (Fsp3) is 0.300. The SMILES string of the molecule is CC(C)[C@H](Cc1ccc(F)cc1)NC(=O)Cc1ccc2cn[nH]c2c1. The number of hydrogen-bond acceptors (Lipinski definition) is 2. The molecule has 0 aliphatic heterocycles. The van der Waals surface area contributed by atoms with Gasteiger partial charge in [0.25, 0.3) is 0 Å². The van der Waals surface area contributed by atoms with Crippen molar-refractivity contribution >= 4 is 16.8 Å². The molecule has 3 rings (SSSR count). The second kappa shape index (κ2) is 7.47. The molecule has 0 saturated carbocycles. The molecule has 0 aliphatic carbocycles. The zero-order valence-corrected chi connectivity index (χ0v) is 14.4. The van der Waals surface area contributed by atoms with Gasteiger partial charge in [-0.15, -0.1) is 0 Å². The van der Waals surface area contributed by atoms with Crippen molar-refractivity contribution in [3.63, 3.8) is 0 Å². The van der Waals surface area contributed by atoms with Gasteiger partial charge in [0.1, 0.15) is 5.82 Å². The minimum atomic E-state index is -0.247. The Kier molecular flexibility index (Phi) is 5.12. The first-order valence-corrected chi connectivity index (χ1v) is 8.47. The number of nitrogens with zero attached hydrogens (tertiary/aromatic N) is 1. The molecule has 5 heteroatoms. The fourth-order valence-corrected chi connectivity index (χ4v) is 2.87. The number of rotatable bonds is 6. The van der Waals surface area contributed by atoms with E-state index in [0.717, 1.165) is 22.0 Å². The van der Waals surface area contributed by atoms with Gasteiger partial charge < -0.3 is 5.32 Å². The van der Waals surface area contributed by atoms with Crippen molar-refractivity contribution in [2.45, 2.75) is 32.7 Å². The molecule has 1 atom stereocenters. The van der Waals surface area contributed by atoms with Crippen molar-refractivity contribution in [2.24, 2.45) is 5.92 Å². The molecule has 130 valence electrons. The van der Waals surface area contributed by atoms with Crippen LogP contribution < -0.4 is 5.32 Å². The number of halogens is 1. The molecule has 1 aromatic heterocycles. The van der Waals surface area contributed by atoms with Gasteiger partial charge in [-0.2, -0.15) is 5.10 Å². The summed E-state index contributed by atoms with van der Waals surface area (Å²) >= 11 is 0. The summed E-state index contributed by atoms with van der Waals surface area (Å²) in [5.41, 5.74) is 2.88. The predicted octanol–water partition coefficient (Wildman–Crippen LogP) is 3.63. The highest BCUT2D eigenvalue weighted by Gasteiger charge is 2.17. The van der Waals surface area contributed by atoms with Crippen molar-refractivity contribution in [1.82, 2.24) is 15.5 Å². The average molecular weight is 339 g/mol. The molecule has 0 bridgehead atoms. The summed E-state index contributed by atoms with van der Waals surface area (Å²) in [6.45, 7) is 4.15. The molecule has 0 unspecified atom stereocenters. The molecule has 1 heterocycles. The van der Waals surface area contributed by atoms with Crippen LogP contribution in [0, 0.1) is 11.7 Å². The van der Waals surface area contributed by atoms with Crippen molar-refractivity contribution in [3.05, 3.63) is 65.6 Å². The Hall–Kier alpha value is -2.69. The Bertz CT molecular complexity index is 855. The number of hydrogen-bond donors (Lipinski definition) is 2. The van der Waals surface area contributed by atoms with Crippen molar-refractivity contribution < 1.29 is 9.18 Å². The Morgan fingerprint density at radius 2 is 1.88 bits per heavy atom. The lowest BCUT2D eigenvalue weighted by Crippen LogP contribution is -2.40. The monoisotopic (exact) mass is 339 g/mol. The van der Waals surface area contributed by atoms with E-state index in [0.29, 0.717) is 12.8 Å². The lowest BCUT2D eigenvalue weighted by atomic mass is 9.96. The molecule has 0 fully saturated rings. The van der Waals surface area contributed by atoms with Gasteiger partial charge in [0, 0.05) is 11.4 Å². The number of amides is 1. The summed E-state index contributed by atoms with van der Waals surface area (Å²) in [6.07, 6.45) is 2.77. The van der Waals surface area contributed by atoms with Crippen LogP contribution in [0.4, 0.5) is 4.39 Å². The summed E-state index contributed by atoms with van der Waals surface area (Å²) in [7, 11) is 0. The van der Waals surface area contributed by atoms with Crippen molar-refractivity contribution in [2.75, 3.05) is 0 Å². The summed E-state index contributed by atoms with van der Waals surface area (Å²) < 4.78 is 13.0. The summed E-state index contributed by atoms with van der Waals surface area (Å²) in [5.74, 6) is 0.0202. The van der Waals surface area contributed by atoms with Gasteiger partial charge >= 0.3 is 0 Å². The van der Waals surface area contributed by atoms with Crippen LogP contribution in [-0.4, -0.2) is 22.1 Å². The number of H-pyrrole nitrogens is 1. The van der Waals surface area contributed by atoms with E-state index in [1.54, 1.807) is 18.3 Å². The van der Waals surface area contributed by atoms with Crippen molar-refractivity contribution in [3.8, 4) is 0 Å². The van der Waals surface area contributed by atoms with E-state index in [1.165, 1.54) is 12.1 Å². The molecule has 25 heavy (non-hydrogen) atoms. The molecule has 2 N–H and O–H groups in total. The molecular formula is C20H22FN3O. The third kappa shape index (κ3) is 4.44. The Labute approximate surface area is 146 Å². The minimum absolute atomic E-state index is 0.00819. The molecule has 1 amide bonds. The quantitative estimate of drug-likeness (QED) is 0.720. The number of fused-ring (bicyclic) bond motifs is 1. The largest absolute Gasteiger partial charge is 0.352 e. The van der Waals surface area contributed by atoms with Gasteiger partial charge in [-0.05, 0) is 41.7 Å². The van der Waals surface area contributed by atoms with E-state index in [9.17, 15) is 9.18 Å². The second-order valence-electron chi connectivity index (χ2n) is 6.72. The number of aromatic amines is 1. The summed E-state index contributed by atoms with van der Waals surface area (Å²) in [6, 6.07) is 12.3. The second-order valence-corrected chi connectivity index (χ2v) is 6.72. The van der Waals surface area contributed by atoms with Crippen molar-refractivity contribution in [1.29, 1.82) is 0 Å². The van der Waals surface area contributed by atoms with Crippen LogP contribution in [0.2, 0.25) is 0 Å². The molecule has 0 spiro atoms. The maximum Gasteiger partial charge on any atom is 0.224 e. The zero-order valence-electron chi connectivity index (χ0n) is 14.4. The van der Waals surface area contributed by atoms with Gasteiger partial charge in [0.15, 0.2) is 0 Å². The van der Waals surface area contributed by atoms with Crippen LogP contribution in [0.5, 0.6) is 0 Å². The molecule has 0 aliphatic rings. The highest BCUT2D eigenvalue weighted by molar-refractivity contribution is 5.82. The molecular weight excluding hydrogens is 317 g/mol. The maximum atomic E-state index is 13.0. The molecule has 3 aromatic rings. The normalized spacial score (nSPS) is 12.5. The number of aromatic nitrogens is 2. The smallest absolute Gasteiger partial charge is 0.224 e. The van der Waals surface area contributed by atoms with Crippen LogP contribution >= 0.6 is 0 Å². The van der Waals surface area contributed by atoms with Gasteiger partial charge in [0.2, 0.25) is 5.91 Å². The first-order valence-electron chi connectivity index (χ1n) is 8.47. The van der Waals surface area contributed by atoms with Gasteiger partial charge in [-0.25, -0.2) is 4.39 Å². The minimum Gasteiger partial charge on any atom is -0.352 e. The molecule has 2 aromatic carbocycles. The fourth-order valence-electron chi connectivity index (χ4n) is 2.87. The van der Waals surface area contributed by atoms with Crippen LogP contribution in [0.1, 0.15) is 25.0 Å². The lowest BCUT2D eigenvalue weighted by Gasteiger charge is -2.22. The Morgan fingerprint density at radius 1 is 1.16 bits per heavy atom. The third-order valence-corrected chi connectivity index (χ3v) is 4.39. The summed E-state index contributed by atoms with van der Waals surface area (Å²) in [5, 5.41) is 11.1. The van der Waals surface area contributed by atoms with Crippen LogP contribution in [0.15, 0.2) is 48.7 Å². The standard InChI is InChI=1S/C20H22FN3O/c1-13(2)18(9-14-4-7-17(21)8-5-14)23-20(25)11-15-3-6-16-12-22-24-19(16)10-15/h3-8,10,12-13,18H,9,11H2,1-2H3,(H,22,24)(H,23,25)/t18-/m0/s1.